The molecule has 0 aromatic heterocycles. The minimum absolute atomic E-state index is 0.330. The quantitative estimate of drug-likeness (QED) is 0.707. The zero-order valence-corrected chi connectivity index (χ0v) is 9.80. The van der Waals surface area contributed by atoms with Gasteiger partial charge in [-0.3, -0.25) is 4.57 Å². The average Bonchev–Trinajstić information content (AvgIpc) is 2.01. The van der Waals surface area contributed by atoms with Crippen LogP contribution in [-0.4, -0.2) is 24.0 Å². The SMILES string of the molecule is COP(=O)(O)C(C)(C)OCC(C)C. The summed E-state index contributed by atoms with van der Waals surface area (Å²) in [5, 5.41) is -1.13. The first-order valence-electron chi connectivity index (χ1n) is 4.25. The van der Waals surface area contributed by atoms with Gasteiger partial charge in [-0.05, 0) is 19.8 Å². The van der Waals surface area contributed by atoms with Crippen LogP contribution in [0.1, 0.15) is 27.7 Å². The molecule has 1 unspecified atom stereocenters. The Morgan fingerprint density at radius 1 is 1.46 bits per heavy atom. The molecule has 5 heteroatoms. The number of ether oxygens (including phenoxy) is 1. The van der Waals surface area contributed by atoms with E-state index >= 15 is 0 Å². The molecular formula is C8H19O4P. The monoisotopic (exact) mass is 210 g/mol. The maximum absolute atomic E-state index is 11.4. The summed E-state index contributed by atoms with van der Waals surface area (Å²) < 4.78 is 21.3. The summed E-state index contributed by atoms with van der Waals surface area (Å²) in [5.41, 5.74) is 0. The molecule has 0 saturated heterocycles. The van der Waals surface area contributed by atoms with Gasteiger partial charge in [-0.1, -0.05) is 13.8 Å². The Morgan fingerprint density at radius 2 is 1.92 bits per heavy atom. The minimum Gasteiger partial charge on any atom is -0.363 e. The van der Waals surface area contributed by atoms with Crippen molar-refractivity contribution >= 4 is 7.60 Å². The molecule has 0 aromatic carbocycles. The molecule has 0 rings (SSSR count). The number of rotatable bonds is 5. The zero-order chi connectivity index (χ0) is 10.7. The largest absolute Gasteiger partial charge is 0.363 e. The molecule has 0 bridgehead atoms. The van der Waals surface area contributed by atoms with E-state index in [0.717, 1.165) is 0 Å². The average molecular weight is 210 g/mol. The summed E-state index contributed by atoms with van der Waals surface area (Å²) >= 11 is 0. The molecule has 0 saturated carbocycles. The van der Waals surface area contributed by atoms with Crippen LogP contribution in [0, 0.1) is 5.92 Å². The van der Waals surface area contributed by atoms with Crippen LogP contribution < -0.4 is 0 Å². The Hall–Kier alpha value is 0.110. The van der Waals surface area contributed by atoms with E-state index in [1.165, 1.54) is 7.11 Å². The van der Waals surface area contributed by atoms with Crippen molar-refractivity contribution < 1.29 is 18.7 Å². The van der Waals surface area contributed by atoms with Crippen molar-refractivity contribution in [2.45, 2.75) is 33.0 Å². The second-order valence-electron chi connectivity index (χ2n) is 3.85. The van der Waals surface area contributed by atoms with Gasteiger partial charge in [0.2, 0.25) is 0 Å². The summed E-state index contributed by atoms with van der Waals surface area (Å²) in [6.45, 7) is 7.51. The van der Waals surface area contributed by atoms with E-state index < -0.39 is 12.9 Å². The highest BCUT2D eigenvalue weighted by atomic mass is 31.2. The molecule has 0 aromatic rings. The third kappa shape index (κ3) is 3.77. The minimum atomic E-state index is -3.65. The fourth-order valence-electron chi connectivity index (χ4n) is 0.672. The van der Waals surface area contributed by atoms with E-state index in [0.29, 0.717) is 12.5 Å². The molecule has 0 fully saturated rings. The predicted molar refractivity (Wildman–Crippen MR) is 51.7 cm³/mol. The first-order valence-corrected chi connectivity index (χ1v) is 5.83. The van der Waals surface area contributed by atoms with Gasteiger partial charge < -0.3 is 14.2 Å². The Kier molecular flexibility index (Phi) is 4.60. The molecule has 0 aliphatic heterocycles. The summed E-state index contributed by atoms with van der Waals surface area (Å²) in [6, 6.07) is 0. The van der Waals surface area contributed by atoms with Crippen LogP contribution >= 0.6 is 7.60 Å². The maximum Gasteiger partial charge on any atom is 0.358 e. The van der Waals surface area contributed by atoms with Gasteiger partial charge in [0.1, 0.15) is 0 Å². The number of hydrogen-bond donors (Lipinski definition) is 1. The lowest BCUT2D eigenvalue weighted by molar-refractivity contribution is 0.00748. The lowest BCUT2D eigenvalue weighted by atomic mass is 10.2. The van der Waals surface area contributed by atoms with Gasteiger partial charge in [-0.15, -0.1) is 0 Å². The Labute approximate surface area is 79.8 Å². The van der Waals surface area contributed by atoms with Crippen molar-refractivity contribution in [2.75, 3.05) is 13.7 Å². The fourth-order valence-corrected chi connectivity index (χ4v) is 1.35. The summed E-state index contributed by atoms with van der Waals surface area (Å²) in [4.78, 5) is 9.37. The Morgan fingerprint density at radius 3 is 2.23 bits per heavy atom. The maximum atomic E-state index is 11.4. The van der Waals surface area contributed by atoms with Gasteiger partial charge in [-0.2, -0.15) is 0 Å². The third-order valence-corrected chi connectivity index (χ3v) is 3.68. The lowest BCUT2D eigenvalue weighted by Crippen LogP contribution is -2.27. The van der Waals surface area contributed by atoms with Crippen molar-refractivity contribution in [3.05, 3.63) is 0 Å². The highest BCUT2D eigenvalue weighted by Gasteiger charge is 2.40. The summed E-state index contributed by atoms with van der Waals surface area (Å²) in [6.07, 6.45) is 0. The zero-order valence-electron chi connectivity index (χ0n) is 8.90. The summed E-state index contributed by atoms with van der Waals surface area (Å²) in [5.74, 6) is 0.330. The molecule has 4 nitrogen and oxygen atoms in total. The van der Waals surface area contributed by atoms with Crippen molar-refractivity contribution in [3.63, 3.8) is 0 Å². The van der Waals surface area contributed by atoms with Crippen LogP contribution in [0.5, 0.6) is 0 Å². The van der Waals surface area contributed by atoms with Gasteiger partial charge in [0, 0.05) is 7.11 Å². The standard InChI is InChI=1S/C8H19O4P/c1-7(2)6-12-8(3,4)13(9,10)11-5/h7H,6H2,1-5H3,(H,9,10). The van der Waals surface area contributed by atoms with E-state index in [1.807, 2.05) is 13.8 Å². The van der Waals surface area contributed by atoms with Crippen LogP contribution in [-0.2, 0) is 13.8 Å². The molecule has 1 N–H and O–H groups in total. The van der Waals surface area contributed by atoms with Crippen LogP contribution in [0.4, 0.5) is 0 Å². The Bertz CT molecular complexity index is 200. The molecular weight excluding hydrogens is 191 g/mol. The highest BCUT2D eigenvalue weighted by Crippen LogP contribution is 2.54. The van der Waals surface area contributed by atoms with Crippen molar-refractivity contribution in [1.29, 1.82) is 0 Å². The van der Waals surface area contributed by atoms with E-state index in [9.17, 15) is 9.46 Å². The first-order chi connectivity index (χ1) is 5.73. The van der Waals surface area contributed by atoms with Crippen molar-refractivity contribution in [2.24, 2.45) is 5.92 Å². The second kappa shape index (κ2) is 4.56. The van der Waals surface area contributed by atoms with Gasteiger partial charge in [0.25, 0.3) is 0 Å². The normalized spacial score (nSPS) is 17.5. The van der Waals surface area contributed by atoms with E-state index in [-0.39, 0.29) is 0 Å². The predicted octanol–water partition coefficient (Wildman–Crippen LogP) is 2.23. The molecule has 0 radical (unpaired) electrons. The molecule has 1 atom stereocenters. The Balaban J connectivity index is 4.31. The molecule has 0 aliphatic carbocycles. The molecule has 0 spiro atoms. The highest BCUT2D eigenvalue weighted by molar-refractivity contribution is 7.54. The van der Waals surface area contributed by atoms with Crippen LogP contribution in [0.15, 0.2) is 0 Å². The van der Waals surface area contributed by atoms with Gasteiger partial charge in [0.15, 0.2) is 5.34 Å². The van der Waals surface area contributed by atoms with E-state index in [1.54, 1.807) is 13.8 Å². The summed E-state index contributed by atoms with van der Waals surface area (Å²) in [7, 11) is -2.45. The molecule has 13 heavy (non-hydrogen) atoms. The number of hydrogen-bond acceptors (Lipinski definition) is 3. The second-order valence-corrected chi connectivity index (χ2v) is 6.34. The molecule has 0 heterocycles. The molecule has 0 aliphatic rings. The smallest absolute Gasteiger partial charge is 0.358 e. The van der Waals surface area contributed by atoms with Crippen LogP contribution in [0.3, 0.4) is 0 Å². The fraction of sp³-hybridized carbons (Fsp3) is 1.00. The van der Waals surface area contributed by atoms with E-state index in [2.05, 4.69) is 4.52 Å². The van der Waals surface area contributed by atoms with Crippen LogP contribution in [0.25, 0.3) is 0 Å². The van der Waals surface area contributed by atoms with Crippen molar-refractivity contribution in [3.8, 4) is 0 Å². The van der Waals surface area contributed by atoms with Gasteiger partial charge in [-0.25, -0.2) is 0 Å². The molecule has 80 valence electrons. The molecule has 0 amide bonds. The third-order valence-electron chi connectivity index (χ3n) is 1.70. The van der Waals surface area contributed by atoms with Crippen LogP contribution in [0.2, 0.25) is 0 Å². The van der Waals surface area contributed by atoms with Crippen molar-refractivity contribution in [1.82, 2.24) is 0 Å². The van der Waals surface area contributed by atoms with Gasteiger partial charge in [0.05, 0.1) is 6.61 Å². The first kappa shape index (κ1) is 13.1. The van der Waals surface area contributed by atoms with E-state index in [4.69, 9.17) is 4.74 Å². The topological polar surface area (TPSA) is 55.8 Å². The lowest BCUT2D eigenvalue weighted by Gasteiger charge is -2.29. The van der Waals surface area contributed by atoms with Gasteiger partial charge >= 0.3 is 7.60 Å².